The van der Waals surface area contributed by atoms with E-state index in [0.29, 0.717) is 0 Å². The summed E-state index contributed by atoms with van der Waals surface area (Å²) in [6.07, 6.45) is 1.50. The summed E-state index contributed by atoms with van der Waals surface area (Å²) in [5.74, 6) is 0. The molecular formula is C17H46O3. The average Bonchev–Trinajstić information content (AvgIpc) is 2.61. The van der Waals surface area contributed by atoms with Crippen molar-refractivity contribution in [3.05, 3.63) is 0 Å². The molecule has 3 heteroatoms. The van der Waals surface area contributed by atoms with Crippen LogP contribution in [0.1, 0.15) is 96.9 Å². The Bertz CT molecular complexity index is 41.5. The van der Waals surface area contributed by atoms with Gasteiger partial charge in [-0.15, -0.1) is 0 Å². The number of carbonyl (C=O) groups is 3. The molecule has 20 heavy (non-hydrogen) atoms. The van der Waals surface area contributed by atoms with Gasteiger partial charge in [-0.1, -0.05) is 83.1 Å². The Morgan fingerprint density at radius 3 is 0.450 bits per heavy atom. The van der Waals surface area contributed by atoms with Crippen molar-refractivity contribution in [2.24, 2.45) is 0 Å². The molecule has 0 rings (SSSR count). The second kappa shape index (κ2) is 5110. The Balaban J connectivity index is -0.00000000981. The van der Waals surface area contributed by atoms with Crippen LogP contribution in [0.15, 0.2) is 0 Å². The number of rotatable bonds is 0. The van der Waals surface area contributed by atoms with Crippen LogP contribution in [-0.2, 0) is 14.4 Å². The van der Waals surface area contributed by atoms with E-state index < -0.39 is 0 Å². The van der Waals surface area contributed by atoms with Gasteiger partial charge in [0.1, 0.15) is 19.4 Å². The molecule has 0 aromatic rings. The zero-order valence-corrected chi connectivity index (χ0v) is 17.1. The molecule has 0 radical (unpaired) electrons. The fraction of sp³-hybridized carbons (Fsp3) is 0.824. The molecule has 0 bridgehead atoms. The van der Waals surface area contributed by atoms with Gasteiger partial charge in [0.2, 0.25) is 0 Å². The first kappa shape index (κ1) is 61.5. The summed E-state index contributed by atoms with van der Waals surface area (Å²) in [5.41, 5.74) is 0. The fourth-order valence-electron chi connectivity index (χ4n) is 0. The number of hydrogen-bond acceptors (Lipinski definition) is 3. The van der Waals surface area contributed by atoms with Crippen molar-refractivity contribution in [1.29, 1.82) is 0 Å². The highest BCUT2D eigenvalue weighted by molar-refractivity contribution is 5.44. The number of carbonyl (C=O) groups excluding carboxylic acids is 3. The lowest BCUT2D eigenvalue weighted by Crippen LogP contribution is -1.36. The van der Waals surface area contributed by atoms with Gasteiger partial charge >= 0.3 is 0 Å². The summed E-state index contributed by atoms with van der Waals surface area (Å²) < 4.78 is 0. The molecule has 0 aliphatic rings. The van der Waals surface area contributed by atoms with Crippen LogP contribution in [-0.4, -0.2) is 19.4 Å². The summed E-state index contributed by atoms with van der Waals surface area (Å²) in [6, 6.07) is 0. The van der Waals surface area contributed by atoms with E-state index in [9.17, 15) is 0 Å². The quantitative estimate of drug-likeness (QED) is 0.487. The minimum absolute atomic E-state index is 0.750. The SMILES string of the molecule is C=O.CC.CC.CC.CC.CC.CC.CC=O.CC=O. The first-order valence-electron chi connectivity index (χ1n) is 7.91. The van der Waals surface area contributed by atoms with Crippen molar-refractivity contribution >= 4 is 19.4 Å². The van der Waals surface area contributed by atoms with Crippen LogP contribution in [0.25, 0.3) is 0 Å². The third-order valence-corrected chi connectivity index (χ3v) is 0. The van der Waals surface area contributed by atoms with E-state index in [1.165, 1.54) is 13.8 Å². The third-order valence-electron chi connectivity index (χ3n) is 0. The molecule has 0 aromatic heterocycles. The Morgan fingerprint density at radius 1 is 0.450 bits per heavy atom. The average molecular weight is 299 g/mol. The standard InChI is InChI=1S/2C2H4O.6C2H6.CH2O/c2*1-2-3;7*1-2/h2*2H,1H3;6*1-2H3;1H2. The summed E-state index contributed by atoms with van der Waals surface area (Å²) in [6.45, 7) is 28.9. The molecule has 132 valence electrons. The van der Waals surface area contributed by atoms with Crippen LogP contribution in [0.5, 0.6) is 0 Å². The van der Waals surface area contributed by atoms with Crippen molar-refractivity contribution < 1.29 is 14.4 Å². The van der Waals surface area contributed by atoms with Crippen molar-refractivity contribution in [3.63, 3.8) is 0 Å². The molecule has 0 saturated carbocycles. The van der Waals surface area contributed by atoms with E-state index in [-0.39, 0.29) is 0 Å². The Kier molecular flexibility index (Phi) is 15700. The lowest BCUT2D eigenvalue weighted by atomic mass is 11.0. The minimum atomic E-state index is 0.750. The molecule has 0 N–H and O–H groups in total. The fourth-order valence-corrected chi connectivity index (χ4v) is 0. The Morgan fingerprint density at radius 2 is 0.450 bits per heavy atom. The second-order valence-corrected chi connectivity index (χ2v) is 0.471. The van der Waals surface area contributed by atoms with Gasteiger partial charge in [-0.3, -0.25) is 0 Å². The van der Waals surface area contributed by atoms with E-state index >= 15 is 0 Å². The van der Waals surface area contributed by atoms with Crippen LogP contribution >= 0.6 is 0 Å². The summed E-state index contributed by atoms with van der Waals surface area (Å²) >= 11 is 0. The first-order chi connectivity index (χ1) is 9.83. The van der Waals surface area contributed by atoms with Crippen LogP contribution in [0.4, 0.5) is 0 Å². The van der Waals surface area contributed by atoms with Gasteiger partial charge in [0, 0.05) is 0 Å². The van der Waals surface area contributed by atoms with E-state index in [1.54, 1.807) is 0 Å². The van der Waals surface area contributed by atoms with Gasteiger partial charge in [0.05, 0.1) is 0 Å². The molecular weight excluding hydrogens is 252 g/mol. The van der Waals surface area contributed by atoms with Crippen LogP contribution < -0.4 is 0 Å². The zero-order valence-electron chi connectivity index (χ0n) is 17.1. The van der Waals surface area contributed by atoms with Crippen molar-refractivity contribution in [2.75, 3.05) is 0 Å². The first-order valence-corrected chi connectivity index (χ1v) is 7.91. The van der Waals surface area contributed by atoms with E-state index in [4.69, 9.17) is 14.4 Å². The maximum absolute atomic E-state index is 8.81. The molecule has 0 fully saturated rings. The molecule has 0 saturated heterocycles. The van der Waals surface area contributed by atoms with Crippen LogP contribution in [0.3, 0.4) is 0 Å². The molecule has 0 spiro atoms. The molecule has 0 aromatic carbocycles. The molecule has 0 heterocycles. The smallest absolute Gasteiger partial charge is 0.116 e. The molecule has 3 nitrogen and oxygen atoms in total. The lowest BCUT2D eigenvalue weighted by Gasteiger charge is -1.24. The van der Waals surface area contributed by atoms with Gasteiger partial charge in [0.25, 0.3) is 0 Å². The Labute approximate surface area is 131 Å². The predicted molar refractivity (Wildman–Crippen MR) is 98.7 cm³/mol. The zero-order chi connectivity index (χ0) is 19.4. The molecule has 0 aliphatic heterocycles. The molecule has 0 atom stereocenters. The highest BCUT2D eigenvalue weighted by Crippen LogP contribution is 1.16. The second-order valence-electron chi connectivity index (χ2n) is 0.471. The largest absolute Gasteiger partial charge is 0.307 e. The van der Waals surface area contributed by atoms with Gasteiger partial charge in [-0.2, -0.15) is 0 Å². The third kappa shape index (κ3) is 4450. The van der Waals surface area contributed by atoms with Crippen LogP contribution in [0.2, 0.25) is 0 Å². The normalized spacial score (nSPS) is 3.30. The van der Waals surface area contributed by atoms with E-state index in [2.05, 4.69) is 0 Å². The van der Waals surface area contributed by atoms with Gasteiger partial charge in [-0.25, -0.2) is 0 Å². The highest BCUT2D eigenvalue weighted by atomic mass is 16.1. The maximum atomic E-state index is 8.81. The maximum Gasteiger partial charge on any atom is 0.116 e. The van der Waals surface area contributed by atoms with Crippen molar-refractivity contribution in [1.82, 2.24) is 0 Å². The van der Waals surface area contributed by atoms with Gasteiger partial charge < -0.3 is 14.4 Å². The van der Waals surface area contributed by atoms with Crippen molar-refractivity contribution in [3.8, 4) is 0 Å². The summed E-state index contributed by atoms with van der Waals surface area (Å²) in [7, 11) is 0. The van der Waals surface area contributed by atoms with E-state index in [0.717, 1.165) is 12.6 Å². The molecule has 0 amide bonds. The number of aldehydes is 2. The van der Waals surface area contributed by atoms with E-state index in [1.807, 2.05) is 89.9 Å². The lowest BCUT2D eigenvalue weighted by molar-refractivity contribution is -0.106. The molecule has 0 aliphatic carbocycles. The number of hydrogen-bond donors (Lipinski definition) is 0. The monoisotopic (exact) mass is 298 g/mol. The predicted octanol–water partition coefficient (Wildman–Crippen LogP) is 6.38. The summed E-state index contributed by atoms with van der Waals surface area (Å²) in [4.78, 5) is 25.6. The van der Waals surface area contributed by atoms with Gasteiger partial charge in [-0.05, 0) is 13.8 Å². The van der Waals surface area contributed by atoms with Gasteiger partial charge in [0.15, 0.2) is 0 Å². The van der Waals surface area contributed by atoms with Crippen LogP contribution in [0, 0.1) is 0 Å². The van der Waals surface area contributed by atoms with Crippen molar-refractivity contribution in [2.45, 2.75) is 96.9 Å². The Hall–Kier alpha value is -0.990. The molecule has 0 unspecified atom stereocenters. The summed E-state index contributed by atoms with van der Waals surface area (Å²) in [5, 5.41) is 0. The minimum Gasteiger partial charge on any atom is -0.307 e. The highest BCUT2D eigenvalue weighted by Gasteiger charge is 1.24. The topological polar surface area (TPSA) is 51.2 Å².